The molecule has 0 saturated heterocycles. The van der Waals surface area contributed by atoms with Gasteiger partial charge >= 0.3 is 6.18 Å². The van der Waals surface area contributed by atoms with Crippen LogP contribution in [0.5, 0.6) is 0 Å². The van der Waals surface area contributed by atoms with Crippen molar-refractivity contribution in [1.82, 2.24) is 20.8 Å². The van der Waals surface area contributed by atoms with Gasteiger partial charge in [-0.3, -0.25) is 4.79 Å². The highest BCUT2D eigenvalue weighted by molar-refractivity contribution is 5.94. The van der Waals surface area contributed by atoms with E-state index in [9.17, 15) is 18.0 Å². The first kappa shape index (κ1) is 17.9. The minimum Gasteiger partial charge on any atom is -0.343 e. The Kier molecular flexibility index (Phi) is 5.55. The number of likely N-dealkylation sites (N-methyl/N-ethyl adjacent to an activating group) is 1. The molecule has 2 rings (SSSR count). The molecule has 0 saturated carbocycles. The first-order valence-electron chi connectivity index (χ1n) is 7.23. The van der Waals surface area contributed by atoms with Gasteiger partial charge in [-0.25, -0.2) is 0 Å². The molecule has 24 heavy (non-hydrogen) atoms. The lowest BCUT2D eigenvalue weighted by molar-refractivity contribution is -0.137. The van der Waals surface area contributed by atoms with Gasteiger partial charge in [-0.15, -0.1) is 0 Å². The predicted octanol–water partition coefficient (Wildman–Crippen LogP) is 2.17. The van der Waals surface area contributed by atoms with Crippen molar-refractivity contribution in [3.8, 4) is 0 Å². The minimum absolute atomic E-state index is 0.000784. The van der Waals surface area contributed by atoms with Gasteiger partial charge in [-0.1, -0.05) is 5.16 Å². The maximum Gasteiger partial charge on any atom is 0.416 e. The van der Waals surface area contributed by atoms with Gasteiger partial charge < -0.3 is 15.2 Å². The summed E-state index contributed by atoms with van der Waals surface area (Å²) in [6.07, 6.45) is -3.85. The molecule has 1 aromatic heterocycles. The zero-order chi connectivity index (χ0) is 17.7. The Morgan fingerprint density at radius 2 is 1.96 bits per heavy atom. The summed E-state index contributed by atoms with van der Waals surface area (Å²) in [5, 5.41) is 9.35. The molecule has 1 unspecified atom stereocenters. The third kappa shape index (κ3) is 4.79. The van der Waals surface area contributed by atoms with E-state index in [2.05, 4.69) is 20.8 Å². The molecule has 0 bridgehead atoms. The number of nitrogens with zero attached hydrogens (tertiary/aromatic N) is 2. The fraction of sp³-hybridized carbons (Fsp3) is 0.400. The van der Waals surface area contributed by atoms with Gasteiger partial charge in [0, 0.05) is 18.0 Å². The zero-order valence-electron chi connectivity index (χ0n) is 13.1. The monoisotopic (exact) mass is 342 g/mol. The van der Waals surface area contributed by atoms with E-state index in [1.54, 1.807) is 0 Å². The lowest BCUT2D eigenvalue weighted by Gasteiger charge is -2.07. The average Bonchev–Trinajstić information content (AvgIpc) is 2.99. The number of carbonyl (C=O) groups excluding carboxylic acids is 1. The van der Waals surface area contributed by atoms with Gasteiger partial charge in [0.2, 0.25) is 5.89 Å². The molecule has 6 nitrogen and oxygen atoms in total. The number of carbonyl (C=O) groups is 1. The number of rotatable bonds is 6. The van der Waals surface area contributed by atoms with E-state index >= 15 is 0 Å². The van der Waals surface area contributed by atoms with Gasteiger partial charge in [0.05, 0.1) is 12.1 Å². The zero-order valence-corrected chi connectivity index (χ0v) is 13.1. The third-order valence-corrected chi connectivity index (χ3v) is 3.37. The standard InChI is InChI=1S/C15H17F3N4O2/c1-9(19-2)7-12-21-13(24-22-12)8-20-14(23)10-3-5-11(6-4-10)15(16,17)18/h3-6,9,19H,7-8H2,1-2H3,(H,20,23). The Morgan fingerprint density at radius 1 is 1.29 bits per heavy atom. The number of hydrogen-bond donors (Lipinski definition) is 2. The second kappa shape index (κ2) is 7.43. The van der Waals surface area contributed by atoms with Crippen molar-refractivity contribution in [2.24, 2.45) is 0 Å². The van der Waals surface area contributed by atoms with Crippen molar-refractivity contribution in [3.05, 3.63) is 47.1 Å². The second-order valence-electron chi connectivity index (χ2n) is 5.26. The lowest BCUT2D eigenvalue weighted by atomic mass is 10.1. The van der Waals surface area contributed by atoms with Crippen LogP contribution in [-0.4, -0.2) is 29.1 Å². The molecule has 1 aromatic carbocycles. The second-order valence-corrected chi connectivity index (χ2v) is 5.26. The van der Waals surface area contributed by atoms with E-state index < -0.39 is 17.6 Å². The van der Waals surface area contributed by atoms with Crippen LogP contribution < -0.4 is 10.6 Å². The average molecular weight is 342 g/mol. The van der Waals surface area contributed by atoms with E-state index in [4.69, 9.17) is 4.52 Å². The Labute approximate surface area is 136 Å². The number of amides is 1. The first-order chi connectivity index (χ1) is 11.3. The van der Waals surface area contributed by atoms with Crippen molar-refractivity contribution in [1.29, 1.82) is 0 Å². The van der Waals surface area contributed by atoms with E-state index in [0.29, 0.717) is 12.2 Å². The summed E-state index contributed by atoms with van der Waals surface area (Å²) in [5.41, 5.74) is -0.689. The van der Waals surface area contributed by atoms with E-state index in [-0.39, 0.29) is 24.0 Å². The SMILES string of the molecule is CNC(C)Cc1noc(CNC(=O)c2ccc(C(F)(F)F)cc2)n1. The molecular weight excluding hydrogens is 325 g/mol. The Bertz CT molecular complexity index is 683. The number of halogens is 3. The van der Waals surface area contributed by atoms with E-state index in [1.807, 2.05) is 14.0 Å². The quantitative estimate of drug-likeness (QED) is 0.841. The molecule has 1 amide bonds. The van der Waals surface area contributed by atoms with Crippen molar-refractivity contribution in [2.75, 3.05) is 7.05 Å². The molecule has 2 aromatic rings. The van der Waals surface area contributed by atoms with Crippen LogP contribution in [0.25, 0.3) is 0 Å². The molecular formula is C15H17F3N4O2. The first-order valence-corrected chi connectivity index (χ1v) is 7.23. The Hall–Kier alpha value is -2.42. The topological polar surface area (TPSA) is 80.0 Å². The van der Waals surface area contributed by atoms with Crippen LogP contribution in [0.4, 0.5) is 13.2 Å². The summed E-state index contributed by atoms with van der Waals surface area (Å²) in [7, 11) is 1.82. The number of aromatic nitrogens is 2. The molecule has 0 fully saturated rings. The highest BCUT2D eigenvalue weighted by atomic mass is 19.4. The Morgan fingerprint density at radius 3 is 2.54 bits per heavy atom. The predicted molar refractivity (Wildman–Crippen MR) is 79.1 cm³/mol. The molecule has 2 N–H and O–H groups in total. The fourth-order valence-corrected chi connectivity index (χ4v) is 1.89. The Balaban J connectivity index is 1.91. The largest absolute Gasteiger partial charge is 0.416 e. The molecule has 1 atom stereocenters. The van der Waals surface area contributed by atoms with Crippen LogP contribution in [-0.2, 0) is 19.1 Å². The van der Waals surface area contributed by atoms with E-state index in [0.717, 1.165) is 24.3 Å². The molecule has 0 spiro atoms. The summed E-state index contributed by atoms with van der Waals surface area (Å²) < 4.78 is 42.4. The van der Waals surface area contributed by atoms with Crippen molar-refractivity contribution < 1.29 is 22.5 Å². The molecule has 0 aliphatic rings. The van der Waals surface area contributed by atoms with Crippen LogP contribution in [0.1, 0.15) is 34.6 Å². The van der Waals surface area contributed by atoms with Crippen LogP contribution in [0.2, 0.25) is 0 Å². The van der Waals surface area contributed by atoms with Gasteiger partial charge in [0.1, 0.15) is 0 Å². The molecule has 1 heterocycles. The maximum absolute atomic E-state index is 12.5. The smallest absolute Gasteiger partial charge is 0.343 e. The van der Waals surface area contributed by atoms with Crippen molar-refractivity contribution >= 4 is 5.91 Å². The van der Waals surface area contributed by atoms with Gasteiger partial charge in [0.15, 0.2) is 5.82 Å². The number of nitrogens with one attached hydrogen (secondary N) is 2. The highest BCUT2D eigenvalue weighted by Gasteiger charge is 2.30. The van der Waals surface area contributed by atoms with Gasteiger partial charge in [-0.2, -0.15) is 18.2 Å². The summed E-state index contributed by atoms with van der Waals surface area (Å²) in [6, 6.07) is 4.13. The molecule has 130 valence electrons. The molecule has 9 heteroatoms. The minimum atomic E-state index is -4.43. The fourth-order valence-electron chi connectivity index (χ4n) is 1.89. The van der Waals surface area contributed by atoms with Crippen LogP contribution in [0.3, 0.4) is 0 Å². The molecule has 0 radical (unpaired) electrons. The van der Waals surface area contributed by atoms with Crippen LogP contribution in [0, 0.1) is 0 Å². The third-order valence-electron chi connectivity index (χ3n) is 3.37. The van der Waals surface area contributed by atoms with E-state index in [1.165, 1.54) is 0 Å². The number of benzene rings is 1. The van der Waals surface area contributed by atoms with Crippen molar-refractivity contribution in [2.45, 2.75) is 32.1 Å². The van der Waals surface area contributed by atoms with Gasteiger partial charge in [-0.05, 0) is 38.2 Å². The molecule has 0 aliphatic carbocycles. The van der Waals surface area contributed by atoms with Crippen molar-refractivity contribution in [3.63, 3.8) is 0 Å². The summed E-state index contributed by atoms with van der Waals surface area (Å²) >= 11 is 0. The summed E-state index contributed by atoms with van der Waals surface area (Å²) in [6.45, 7) is 1.96. The number of alkyl halides is 3. The summed E-state index contributed by atoms with van der Waals surface area (Å²) in [5.74, 6) is 0.219. The normalized spacial score (nSPS) is 12.9. The molecule has 0 aliphatic heterocycles. The van der Waals surface area contributed by atoms with Crippen LogP contribution >= 0.6 is 0 Å². The lowest BCUT2D eigenvalue weighted by Crippen LogP contribution is -2.24. The van der Waals surface area contributed by atoms with Gasteiger partial charge in [0.25, 0.3) is 5.91 Å². The number of hydrogen-bond acceptors (Lipinski definition) is 5. The van der Waals surface area contributed by atoms with Crippen LogP contribution in [0.15, 0.2) is 28.8 Å². The summed E-state index contributed by atoms with van der Waals surface area (Å²) in [4.78, 5) is 16.0. The highest BCUT2D eigenvalue weighted by Crippen LogP contribution is 2.29. The maximum atomic E-state index is 12.5.